The summed E-state index contributed by atoms with van der Waals surface area (Å²) in [5.41, 5.74) is 0.561. The Morgan fingerprint density at radius 3 is 2.15 bits per heavy atom. The highest BCUT2D eigenvalue weighted by atomic mass is 35.5. The van der Waals surface area contributed by atoms with Crippen molar-refractivity contribution in [3.8, 4) is 0 Å². The Balaban J connectivity index is 2.11. The second kappa shape index (κ2) is 6.72. The fourth-order valence-corrected chi connectivity index (χ4v) is 2.80. The molecule has 1 aliphatic rings. The van der Waals surface area contributed by atoms with Crippen LogP contribution in [0.1, 0.15) is 25.8 Å². The Kier molecular flexibility index (Phi) is 5.22. The summed E-state index contributed by atoms with van der Waals surface area (Å²) in [5.74, 6) is -0.911. The zero-order chi connectivity index (χ0) is 14.7. The van der Waals surface area contributed by atoms with Gasteiger partial charge in [-0.3, -0.25) is 4.90 Å². The molecule has 1 atom stereocenters. The summed E-state index contributed by atoms with van der Waals surface area (Å²) in [7, 11) is 0. The molecule has 2 rings (SSSR count). The molecule has 2 nitrogen and oxygen atoms in total. The van der Waals surface area contributed by atoms with E-state index in [9.17, 15) is 8.78 Å². The molecular formula is C15H21ClF2N2. The second-order valence-electron chi connectivity index (χ2n) is 5.32. The summed E-state index contributed by atoms with van der Waals surface area (Å²) in [6.45, 7) is 7.32. The van der Waals surface area contributed by atoms with Crippen LogP contribution in [0.3, 0.4) is 0 Å². The van der Waals surface area contributed by atoms with Crippen molar-refractivity contribution in [1.29, 1.82) is 0 Å². The van der Waals surface area contributed by atoms with Crippen LogP contribution in [0.25, 0.3) is 0 Å². The Morgan fingerprint density at radius 2 is 1.70 bits per heavy atom. The number of hydrogen-bond acceptors (Lipinski definition) is 2. The van der Waals surface area contributed by atoms with Crippen LogP contribution in [0, 0.1) is 11.6 Å². The molecule has 1 unspecified atom stereocenters. The molecule has 1 aromatic rings. The number of nitrogens with zero attached hydrogens (tertiary/aromatic N) is 2. The third kappa shape index (κ3) is 3.23. The molecule has 5 heteroatoms. The number of benzene rings is 1. The molecule has 20 heavy (non-hydrogen) atoms. The van der Waals surface area contributed by atoms with Gasteiger partial charge in [-0.25, -0.2) is 8.78 Å². The first kappa shape index (κ1) is 15.5. The third-order valence-electron chi connectivity index (χ3n) is 4.08. The van der Waals surface area contributed by atoms with Crippen molar-refractivity contribution in [3.63, 3.8) is 0 Å². The Morgan fingerprint density at radius 1 is 1.15 bits per heavy atom. The van der Waals surface area contributed by atoms with Gasteiger partial charge in [0.1, 0.15) is 17.3 Å². The van der Waals surface area contributed by atoms with Crippen LogP contribution in [0.4, 0.5) is 14.5 Å². The van der Waals surface area contributed by atoms with Crippen LogP contribution in [-0.4, -0.2) is 37.1 Å². The topological polar surface area (TPSA) is 6.48 Å². The van der Waals surface area contributed by atoms with Gasteiger partial charge in [-0.05, 0) is 31.0 Å². The molecule has 0 amide bonds. The van der Waals surface area contributed by atoms with E-state index in [0.717, 1.165) is 19.5 Å². The number of hydrogen-bond donors (Lipinski definition) is 0. The average molecular weight is 303 g/mol. The summed E-state index contributed by atoms with van der Waals surface area (Å²) >= 11 is 5.63. The minimum absolute atomic E-state index is 0.0858. The van der Waals surface area contributed by atoms with Crippen LogP contribution < -0.4 is 4.90 Å². The second-order valence-corrected chi connectivity index (χ2v) is 5.59. The van der Waals surface area contributed by atoms with Crippen molar-refractivity contribution in [1.82, 2.24) is 4.90 Å². The van der Waals surface area contributed by atoms with Crippen molar-refractivity contribution in [2.75, 3.05) is 31.1 Å². The van der Waals surface area contributed by atoms with Crippen LogP contribution in [0.2, 0.25) is 0 Å². The maximum atomic E-state index is 14.1. The summed E-state index contributed by atoms with van der Waals surface area (Å²) in [4.78, 5) is 4.15. The van der Waals surface area contributed by atoms with E-state index in [1.807, 2.05) is 0 Å². The summed E-state index contributed by atoms with van der Waals surface area (Å²) in [6.07, 6.45) is 1.09. The van der Waals surface area contributed by atoms with Gasteiger partial charge in [0.15, 0.2) is 0 Å². The molecule has 0 aliphatic carbocycles. The molecule has 1 heterocycles. The first-order chi connectivity index (χ1) is 9.56. The van der Waals surface area contributed by atoms with Gasteiger partial charge in [-0.15, -0.1) is 11.6 Å². The quantitative estimate of drug-likeness (QED) is 0.784. The molecule has 0 N–H and O–H groups in total. The SMILES string of the molecule is CCC(C)N1CCN(c2c(F)cc(CCl)cc2F)CC1. The monoisotopic (exact) mass is 302 g/mol. The highest BCUT2D eigenvalue weighted by Crippen LogP contribution is 2.27. The molecule has 1 fully saturated rings. The lowest BCUT2D eigenvalue weighted by Crippen LogP contribution is -2.50. The normalized spacial score (nSPS) is 18.4. The van der Waals surface area contributed by atoms with Crippen LogP contribution in [-0.2, 0) is 5.88 Å². The lowest BCUT2D eigenvalue weighted by molar-refractivity contribution is 0.192. The Labute approximate surface area is 124 Å². The standard InChI is InChI=1S/C15H21ClF2N2/c1-3-11(2)19-4-6-20(7-5-19)15-13(17)8-12(10-16)9-14(15)18/h8-9,11H,3-7,10H2,1-2H3. The van der Waals surface area contributed by atoms with Gasteiger partial charge in [-0.1, -0.05) is 6.92 Å². The largest absolute Gasteiger partial charge is 0.364 e. The predicted molar refractivity (Wildman–Crippen MR) is 79.5 cm³/mol. The maximum absolute atomic E-state index is 14.1. The van der Waals surface area contributed by atoms with Gasteiger partial charge >= 0.3 is 0 Å². The number of piperazine rings is 1. The molecule has 1 saturated heterocycles. The van der Waals surface area contributed by atoms with E-state index in [-0.39, 0.29) is 11.6 Å². The van der Waals surface area contributed by atoms with Gasteiger partial charge in [0, 0.05) is 38.1 Å². The van der Waals surface area contributed by atoms with Gasteiger partial charge in [0.05, 0.1) is 0 Å². The molecule has 0 radical (unpaired) electrons. The zero-order valence-corrected chi connectivity index (χ0v) is 12.8. The molecule has 112 valence electrons. The van der Waals surface area contributed by atoms with E-state index < -0.39 is 11.6 Å². The smallest absolute Gasteiger partial charge is 0.149 e. The van der Waals surface area contributed by atoms with Crippen LogP contribution >= 0.6 is 11.6 Å². The van der Waals surface area contributed by atoms with Crippen LogP contribution in [0.5, 0.6) is 0 Å². The van der Waals surface area contributed by atoms with Crippen LogP contribution in [0.15, 0.2) is 12.1 Å². The maximum Gasteiger partial charge on any atom is 0.149 e. The fraction of sp³-hybridized carbons (Fsp3) is 0.600. The van der Waals surface area contributed by atoms with E-state index in [2.05, 4.69) is 18.7 Å². The van der Waals surface area contributed by atoms with Crippen molar-refractivity contribution >= 4 is 17.3 Å². The summed E-state index contributed by atoms with van der Waals surface area (Å²) < 4.78 is 28.1. The summed E-state index contributed by atoms with van der Waals surface area (Å²) in [5, 5.41) is 0. The minimum Gasteiger partial charge on any atom is -0.364 e. The average Bonchev–Trinajstić information content (AvgIpc) is 2.46. The first-order valence-electron chi connectivity index (χ1n) is 7.09. The molecule has 0 spiro atoms. The lowest BCUT2D eigenvalue weighted by atomic mass is 10.1. The molecule has 1 aliphatic heterocycles. The molecule has 0 saturated carbocycles. The van der Waals surface area contributed by atoms with Crippen molar-refractivity contribution in [3.05, 3.63) is 29.3 Å². The van der Waals surface area contributed by atoms with E-state index in [1.165, 1.54) is 12.1 Å². The predicted octanol–water partition coefficient (Wildman–Crippen LogP) is 3.62. The van der Waals surface area contributed by atoms with E-state index >= 15 is 0 Å². The van der Waals surface area contributed by atoms with Gasteiger partial charge in [-0.2, -0.15) is 0 Å². The molecular weight excluding hydrogens is 282 g/mol. The highest BCUT2D eigenvalue weighted by molar-refractivity contribution is 6.17. The van der Waals surface area contributed by atoms with Crippen molar-refractivity contribution in [2.45, 2.75) is 32.2 Å². The zero-order valence-electron chi connectivity index (χ0n) is 12.0. The van der Waals surface area contributed by atoms with E-state index in [0.29, 0.717) is 24.7 Å². The first-order valence-corrected chi connectivity index (χ1v) is 7.63. The minimum atomic E-state index is -0.516. The highest BCUT2D eigenvalue weighted by Gasteiger charge is 2.24. The van der Waals surface area contributed by atoms with E-state index in [4.69, 9.17) is 11.6 Å². The summed E-state index contributed by atoms with van der Waals surface area (Å²) in [6, 6.07) is 3.17. The van der Waals surface area contributed by atoms with Gasteiger partial charge in [0.2, 0.25) is 0 Å². The fourth-order valence-electron chi connectivity index (χ4n) is 2.64. The van der Waals surface area contributed by atoms with Gasteiger partial charge < -0.3 is 4.90 Å². The third-order valence-corrected chi connectivity index (χ3v) is 4.38. The molecule has 0 bridgehead atoms. The number of anilines is 1. The molecule has 1 aromatic carbocycles. The Hall–Kier alpha value is -0.870. The number of halogens is 3. The van der Waals surface area contributed by atoms with Crippen molar-refractivity contribution < 1.29 is 8.78 Å². The van der Waals surface area contributed by atoms with E-state index in [1.54, 1.807) is 4.90 Å². The Bertz CT molecular complexity index is 436. The van der Waals surface area contributed by atoms with Gasteiger partial charge in [0.25, 0.3) is 0 Å². The lowest BCUT2D eigenvalue weighted by Gasteiger charge is -2.39. The number of alkyl halides is 1. The van der Waals surface area contributed by atoms with Crippen molar-refractivity contribution in [2.24, 2.45) is 0 Å². The number of rotatable bonds is 4. The molecule has 0 aromatic heterocycles.